The highest BCUT2D eigenvalue weighted by molar-refractivity contribution is 6.10. The zero-order chi connectivity index (χ0) is 19.9. The van der Waals surface area contributed by atoms with E-state index in [1.165, 1.54) is 17.0 Å². The van der Waals surface area contributed by atoms with Crippen LogP contribution in [0.25, 0.3) is 0 Å². The summed E-state index contributed by atoms with van der Waals surface area (Å²) >= 11 is 0. The Bertz CT molecular complexity index is 963. The molecule has 0 aliphatic carbocycles. The number of nitrogens with one attached hydrogen (secondary N) is 1. The fourth-order valence-electron chi connectivity index (χ4n) is 3.84. The van der Waals surface area contributed by atoms with Crippen molar-refractivity contribution < 1.29 is 18.8 Å². The zero-order valence-electron chi connectivity index (χ0n) is 15.4. The van der Waals surface area contributed by atoms with Gasteiger partial charge in [0.25, 0.3) is 5.91 Å². The molecule has 1 N–H and O–H groups in total. The predicted octanol–water partition coefficient (Wildman–Crippen LogP) is 2.57. The Hall–Kier alpha value is -3.22. The molecule has 2 aromatic rings. The number of aryl methyl sites for hydroxylation is 1. The van der Waals surface area contributed by atoms with Gasteiger partial charge in [-0.2, -0.15) is 0 Å². The standard InChI is InChI=1S/C21H20FN3O3/c1-21(15-7-3-2-4-8-15)19(27)25(20(28)23-21)13-18(26)24-11-5-6-14-9-10-16(22)12-17(14)24/h2-4,7-10,12H,5-6,11,13H2,1H3,(H,23,28). The number of benzene rings is 2. The van der Waals surface area contributed by atoms with Crippen molar-refractivity contribution in [2.45, 2.75) is 25.3 Å². The van der Waals surface area contributed by atoms with E-state index in [-0.39, 0.29) is 6.54 Å². The third-order valence-electron chi connectivity index (χ3n) is 5.39. The molecule has 0 saturated carbocycles. The highest BCUT2D eigenvalue weighted by Crippen LogP contribution is 2.31. The minimum Gasteiger partial charge on any atom is -0.319 e. The molecule has 0 radical (unpaired) electrons. The monoisotopic (exact) mass is 381 g/mol. The number of carbonyl (C=O) groups is 3. The number of amides is 4. The maximum Gasteiger partial charge on any atom is 0.325 e. The predicted molar refractivity (Wildman–Crippen MR) is 101 cm³/mol. The Morgan fingerprint density at radius 3 is 2.68 bits per heavy atom. The van der Waals surface area contributed by atoms with Crippen molar-refractivity contribution in [1.29, 1.82) is 0 Å². The maximum absolute atomic E-state index is 13.7. The van der Waals surface area contributed by atoms with Crippen LogP contribution in [0.5, 0.6) is 0 Å². The van der Waals surface area contributed by atoms with Gasteiger partial charge in [-0.1, -0.05) is 36.4 Å². The smallest absolute Gasteiger partial charge is 0.319 e. The first-order valence-electron chi connectivity index (χ1n) is 9.18. The second kappa shape index (κ2) is 6.74. The summed E-state index contributed by atoms with van der Waals surface area (Å²) < 4.78 is 13.7. The molecule has 4 rings (SSSR count). The van der Waals surface area contributed by atoms with Crippen LogP contribution >= 0.6 is 0 Å². The average Bonchev–Trinajstić information content (AvgIpc) is 2.92. The van der Waals surface area contributed by atoms with Crippen LogP contribution in [0.4, 0.5) is 14.9 Å². The van der Waals surface area contributed by atoms with Crippen LogP contribution in [0, 0.1) is 5.82 Å². The second-order valence-electron chi connectivity index (χ2n) is 7.23. The van der Waals surface area contributed by atoms with Crippen molar-refractivity contribution in [2.75, 3.05) is 18.0 Å². The van der Waals surface area contributed by atoms with Crippen molar-refractivity contribution in [2.24, 2.45) is 0 Å². The van der Waals surface area contributed by atoms with Gasteiger partial charge in [-0.3, -0.25) is 14.5 Å². The lowest BCUT2D eigenvalue weighted by atomic mass is 9.92. The number of anilines is 1. The van der Waals surface area contributed by atoms with Crippen molar-refractivity contribution in [3.05, 3.63) is 65.5 Å². The summed E-state index contributed by atoms with van der Waals surface area (Å²) in [6, 6.07) is 12.7. The molecule has 0 aromatic heterocycles. The van der Waals surface area contributed by atoms with Gasteiger partial charge >= 0.3 is 6.03 Å². The molecule has 0 spiro atoms. The van der Waals surface area contributed by atoms with Gasteiger partial charge in [0.1, 0.15) is 17.9 Å². The lowest BCUT2D eigenvalue weighted by Gasteiger charge is -2.30. The summed E-state index contributed by atoms with van der Waals surface area (Å²) in [6.07, 6.45) is 1.50. The van der Waals surface area contributed by atoms with Crippen LogP contribution in [0.15, 0.2) is 48.5 Å². The molecule has 2 aliphatic heterocycles. The van der Waals surface area contributed by atoms with E-state index in [1.54, 1.807) is 37.3 Å². The van der Waals surface area contributed by atoms with E-state index >= 15 is 0 Å². The molecule has 6 nitrogen and oxygen atoms in total. The second-order valence-corrected chi connectivity index (χ2v) is 7.23. The van der Waals surface area contributed by atoms with Crippen LogP contribution in [0.3, 0.4) is 0 Å². The molecule has 0 bridgehead atoms. The molecule has 7 heteroatoms. The molecule has 2 aromatic carbocycles. The van der Waals surface area contributed by atoms with Crippen molar-refractivity contribution in [3.63, 3.8) is 0 Å². The molecule has 28 heavy (non-hydrogen) atoms. The molecule has 2 heterocycles. The van der Waals surface area contributed by atoms with Gasteiger partial charge in [0, 0.05) is 12.2 Å². The van der Waals surface area contributed by atoms with E-state index in [4.69, 9.17) is 0 Å². The van der Waals surface area contributed by atoms with Crippen LogP contribution in [-0.2, 0) is 21.5 Å². The zero-order valence-corrected chi connectivity index (χ0v) is 15.4. The quantitative estimate of drug-likeness (QED) is 0.831. The number of carbonyl (C=O) groups excluding carboxylic acids is 3. The van der Waals surface area contributed by atoms with Gasteiger partial charge in [0.2, 0.25) is 5.91 Å². The van der Waals surface area contributed by atoms with Crippen LogP contribution < -0.4 is 10.2 Å². The van der Waals surface area contributed by atoms with E-state index in [0.29, 0.717) is 17.8 Å². The SMILES string of the molecule is CC1(c2ccccc2)NC(=O)N(CC(=O)N2CCCc3ccc(F)cc32)C1=O. The topological polar surface area (TPSA) is 69.7 Å². The number of nitrogens with zero attached hydrogens (tertiary/aromatic N) is 2. The van der Waals surface area contributed by atoms with E-state index in [2.05, 4.69) is 5.32 Å². The first-order valence-corrected chi connectivity index (χ1v) is 9.18. The number of fused-ring (bicyclic) bond motifs is 1. The molecule has 4 amide bonds. The van der Waals surface area contributed by atoms with Crippen molar-refractivity contribution in [3.8, 4) is 0 Å². The Morgan fingerprint density at radius 1 is 1.18 bits per heavy atom. The molecular formula is C21H20FN3O3. The van der Waals surface area contributed by atoms with Gasteiger partial charge in [0.15, 0.2) is 0 Å². The van der Waals surface area contributed by atoms with E-state index in [1.807, 2.05) is 6.07 Å². The van der Waals surface area contributed by atoms with Gasteiger partial charge in [-0.05, 0) is 43.0 Å². The Morgan fingerprint density at radius 2 is 1.93 bits per heavy atom. The summed E-state index contributed by atoms with van der Waals surface area (Å²) in [5.74, 6) is -1.31. The minimum atomic E-state index is -1.22. The van der Waals surface area contributed by atoms with Crippen molar-refractivity contribution in [1.82, 2.24) is 10.2 Å². The first-order chi connectivity index (χ1) is 13.4. The molecule has 1 saturated heterocycles. The summed E-state index contributed by atoms with van der Waals surface area (Å²) in [5, 5.41) is 2.69. The third kappa shape index (κ3) is 2.93. The molecule has 144 valence electrons. The Balaban J connectivity index is 1.57. The van der Waals surface area contributed by atoms with Gasteiger partial charge in [-0.15, -0.1) is 0 Å². The molecule has 1 fully saturated rings. The average molecular weight is 381 g/mol. The number of halogens is 1. The van der Waals surface area contributed by atoms with Gasteiger partial charge < -0.3 is 10.2 Å². The number of hydrogen-bond acceptors (Lipinski definition) is 3. The summed E-state index contributed by atoms with van der Waals surface area (Å²) in [6.45, 7) is 1.66. The number of imide groups is 1. The van der Waals surface area contributed by atoms with Crippen LogP contribution in [0.1, 0.15) is 24.5 Å². The Labute approximate surface area is 161 Å². The van der Waals surface area contributed by atoms with Crippen LogP contribution in [-0.4, -0.2) is 35.8 Å². The summed E-state index contributed by atoms with van der Waals surface area (Å²) in [7, 11) is 0. The lowest BCUT2D eigenvalue weighted by molar-refractivity contribution is -0.134. The lowest BCUT2D eigenvalue weighted by Crippen LogP contribution is -2.46. The fourth-order valence-corrected chi connectivity index (χ4v) is 3.84. The largest absolute Gasteiger partial charge is 0.325 e. The molecule has 2 aliphatic rings. The number of urea groups is 1. The number of hydrogen-bond donors (Lipinski definition) is 1. The molecule has 1 unspecified atom stereocenters. The summed E-state index contributed by atoms with van der Waals surface area (Å²) in [4.78, 5) is 40.7. The summed E-state index contributed by atoms with van der Waals surface area (Å²) in [5.41, 5.74) is 0.819. The third-order valence-corrected chi connectivity index (χ3v) is 5.39. The fraction of sp³-hybridized carbons (Fsp3) is 0.286. The molecular weight excluding hydrogens is 361 g/mol. The normalized spacial score (nSPS) is 21.5. The van der Waals surface area contributed by atoms with E-state index < -0.39 is 29.2 Å². The number of rotatable bonds is 3. The maximum atomic E-state index is 13.7. The van der Waals surface area contributed by atoms with E-state index in [0.717, 1.165) is 23.3 Å². The van der Waals surface area contributed by atoms with Gasteiger partial charge in [0.05, 0.1) is 0 Å². The van der Waals surface area contributed by atoms with E-state index in [9.17, 15) is 18.8 Å². The first kappa shape index (κ1) is 18.2. The minimum absolute atomic E-state index is 0.386. The van der Waals surface area contributed by atoms with Gasteiger partial charge in [-0.25, -0.2) is 9.18 Å². The van der Waals surface area contributed by atoms with Crippen LogP contribution in [0.2, 0.25) is 0 Å². The Kier molecular flexibility index (Phi) is 4.37. The molecule has 1 atom stereocenters. The highest BCUT2D eigenvalue weighted by atomic mass is 19.1. The van der Waals surface area contributed by atoms with Crippen molar-refractivity contribution >= 4 is 23.5 Å². The highest BCUT2D eigenvalue weighted by Gasteiger charge is 2.49.